The average molecular weight is 253 g/mol. The lowest BCUT2D eigenvalue weighted by molar-refractivity contribution is 0.458. The van der Waals surface area contributed by atoms with Gasteiger partial charge in [-0.1, -0.05) is 6.07 Å². The maximum absolute atomic E-state index is 8.90. The fraction of sp³-hybridized carbons (Fsp3) is 0.200. The number of benzene rings is 1. The summed E-state index contributed by atoms with van der Waals surface area (Å²) in [6.07, 6.45) is 1.66. The van der Waals surface area contributed by atoms with Gasteiger partial charge >= 0.3 is 0 Å². The van der Waals surface area contributed by atoms with Crippen molar-refractivity contribution in [3.8, 4) is 17.7 Å². The van der Waals surface area contributed by atoms with E-state index in [0.29, 0.717) is 17.2 Å². The van der Waals surface area contributed by atoms with Gasteiger partial charge in [-0.2, -0.15) is 5.26 Å². The predicted octanol–water partition coefficient (Wildman–Crippen LogP) is 3.07. The smallest absolute Gasteiger partial charge is 0.219 e. The van der Waals surface area contributed by atoms with E-state index in [9.17, 15) is 0 Å². The molecule has 2 aromatic rings. The van der Waals surface area contributed by atoms with Crippen LogP contribution in [0.2, 0.25) is 0 Å². The van der Waals surface area contributed by atoms with E-state index in [2.05, 4.69) is 11.1 Å². The fourth-order valence-corrected chi connectivity index (χ4v) is 1.66. The minimum Gasteiger partial charge on any atom is -0.439 e. The van der Waals surface area contributed by atoms with E-state index in [1.807, 2.05) is 32.0 Å². The number of aromatic nitrogens is 1. The number of ether oxygens (including phenoxy) is 1. The Morgan fingerprint density at radius 3 is 2.79 bits per heavy atom. The Morgan fingerprint density at radius 2 is 2.11 bits per heavy atom. The summed E-state index contributed by atoms with van der Waals surface area (Å²) in [7, 11) is 0. The Bertz CT molecular complexity index is 630. The van der Waals surface area contributed by atoms with E-state index in [1.165, 1.54) is 0 Å². The first-order valence-electron chi connectivity index (χ1n) is 6.00. The molecule has 2 N–H and O–H groups in total. The number of rotatable bonds is 3. The number of aryl methyl sites for hydroxylation is 1. The topological polar surface area (TPSA) is 71.9 Å². The second-order valence-corrected chi connectivity index (χ2v) is 4.41. The van der Waals surface area contributed by atoms with Crippen LogP contribution in [0.1, 0.15) is 29.7 Å². The van der Waals surface area contributed by atoms with Crippen LogP contribution < -0.4 is 10.5 Å². The molecule has 4 heteroatoms. The third-order valence-electron chi connectivity index (χ3n) is 2.82. The largest absolute Gasteiger partial charge is 0.439 e. The van der Waals surface area contributed by atoms with Gasteiger partial charge in [-0.25, -0.2) is 4.98 Å². The molecule has 1 aromatic carbocycles. The monoisotopic (exact) mass is 253 g/mol. The maximum atomic E-state index is 8.90. The van der Waals surface area contributed by atoms with Gasteiger partial charge in [-0.05, 0) is 43.2 Å². The fourth-order valence-electron chi connectivity index (χ4n) is 1.66. The number of hydrogen-bond acceptors (Lipinski definition) is 4. The number of hydrogen-bond donors (Lipinski definition) is 1. The molecule has 0 saturated carbocycles. The zero-order valence-corrected chi connectivity index (χ0v) is 10.9. The van der Waals surface area contributed by atoms with Gasteiger partial charge in [-0.15, -0.1) is 0 Å². The quantitative estimate of drug-likeness (QED) is 0.912. The van der Waals surface area contributed by atoms with Crippen LogP contribution in [-0.4, -0.2) is 4.98 Å². The lowest BCUT2D eigenvalue weighted by atomic mass is 10.1. The molecule has 0 radical (unpaired) electrons. The summed E-state index contributed by atoms with van der Waals surface area (Å²) in [5, 5.41) is 8.90. The van der Waals surface area contributed by atoms with Gasteiger partial charge in [0, 0.05) is 18.3 Å². The van der Waals surface area contributed by atoms with Crippen LogP contribution in [0.25, 0.3) is 0 Å². The highest BCUT2D eigenvalue weighted by atomic mass is 16.5. The molecule has 4 nitrogen and oxygen atoms in total. The van der Waals surface area contributed by atoms with Gasteiger partial charge < -0.3 is 10.5 Å². The van der Waals surface area contributed by atoms with E-state index in [0.717, 1.165) is 11.1 Å². The van der Waals surface area contributed by atoms with Gasteiger partial charge in [0.05, 0.1) is 11.6 Å². The molecular weight excluding hydrogens is 238 g/mol. The molecule has 1 aromatic heterocycles. The van der Waals surface area contributed by atoms with Crippen LogP contribution >= 0.6 is 0 Å². The van der Waals surface area contributed by atoms with Crippen molar-refractivity contribution in [2.24, 2.45) is 5.73 Å². The molecular formula is C15H15N3O. The number of pyridine rings is 1. The van der Waals surface area contributed by atoms with Gasteiger partial charge in [0.1, 0.15) is 5.75 Å². The molecule has 0 aliphatic heterocycles. The Kier molecular flexibility index (Phi) is 3.79. The zero-order valence-electron chi connectivity index (χ0n) is 10.9. The Labute approximate surface area is 112 Å². The molecule has 0 fully saturated rings. The van der Waals surface area contributed by atoms with Crippen LogP contribution in [0.4, 0.5) is 0 Å². The summed E-state index contributed by atoms with van der Waals surface area (Å²) in [6, 6.07) is 11.0. The van der Waals surface area contributed by atoms with E-state index < -0.39 is 0 Å². The molecule has 0 amide bonds. The van der Waals surface area contributed by atoms with Crippen LogP contribution in [0.3, 0.4) is 0 Å². The molecule has 19 heavy (non-hydrogen) atoms. The van der Waals surface area contributed by atoms with Crippen LogP contribution in [0.5, 0.6) is 11.6 Å². The summed E-state index contributed by atoms with van der Waals surface area (Å²) in [5.41, 5.74) is 8.29. The summed E-state index contributed by atoms with van der Waals surface area (Å²) >= 11 is 0. The van der Waals surface area contributed by atoms with Crippen molar-refractivity contribution in [2.75, 3.05) is 0 Å². The second-order valence-electron chi connectivity index (χ2n) is 4.41. The first kappa shape index (κ1) is 13.1. The number of nitrogens with two attached hydrogens (primary N) is 1. The summed E-state index contributed by atoms with van der Waals surface area (Å²) < 4.78 is 5.72. The second kappa shape index (κ2) is 5.51. The highest BCUT2D eigenvalue weighted by Gasteiger charge is 2.06. The van der Waals surface area contributed by atoms with Crippen molar-refractivity contribution in [3.63, 3.8) is 0 Å². The van der Waals surface area contributed by atoms with E-state index in [-0.39, 0.29) is 6.04 Å². The average Bonchev–Trinajstić information content (AvgIpc) is 2.41. The van der Waals surface area contributed by atoms with E-state index >= 15 is 0 Å². The van der Waals surface area contributed by atoms with Crippen molar-refractivity contribution in [2.45, 2.75) is 19.9 Å². The Hall–Kier alpha value is -2.38. The highest BCUT2D eigenvalue weighted by Crippen LogP contribution is 2.25. The van der Waals surface area contributed by atoms with E-state index in [4.69, 9.17) is 15.7 Å². The summed E-state index contributed by atoms with van der Waals surface area (Å²) in [4.78, 5) is 4.15. The third kappa shape index (κ3) is 3.09. The van der Waals surface area contributed by atoms with E-state index in [1.54, 1.807) is 18.3 Å². The van der Waals surface area contributed by atoms with Crippen molar-refractivity contribution in [3.05, 3.63) is 53.2 Å². The molecule has 1 unspecified atom stereocenters. The van der Waals surface area contributed by atoms with Crippen LogP contribution in [0, 0.1) is 18.3 Å². The minimum atomic E-state index is -0.0723. The standard InChI is InChI=1S/C15H15N3O/c1-10-3-4-12(9-16)7-14(10)19-15-8-13(11(2)17)5-6-18-15/h3-8,11H,17H2,1-2H3. The van der Waals surface area contributed by atoms with Gasteiger partial charge in [0.15, 0.2) is 0 Å². The first-order chi connectivity index (χ1) is 9.10. The van der Waals surface area contributed by atoms with Gasteiger partial charge in [0.25, 0.3) is 0 Å². The lowest BCUT2D eigenvalue weighted by Crippen LogP contribution is -2.05. The van der Waals surface area contributed by atoms with Gasteiger partial charge in [0.2, 0.25) is 5.88 Å². The SMILES string of the molecule is Cc1ccc(C#N)cc1Oc1cc(C(C)N)ccn1. The third-order valence-corrected chi connectivity index (χ3v) is 2.82. The molecule has 0 spiro atoms. The summed E-state index contributed by atoms with van der Waals surface area (Å²) in [5.74, 6) is 1.11. The molecule has 0 bridgehead atoms. The Balaban J connectivity index is 2.31. The Morgan fingerprint density at radius 1 is 1.32 bits per heavy atom. The molecule has 0 aliphatic carbocycles. The zero-order chi connectivity index (χ0) is 13.8. The minimum absolute atomic E-state index is 0.0723. The molecule has 0 saturated heterocycles. The molecule has 1 heterocycles. The number of nitrogens with zero attached hydrogens (tertiary/aromatic N) is 2. The molecule has 2 rings (SSSR count). The van der Waals surface area contributed by atoms with Gasteiger partial charge in [-0.3, -0.25) is 0 Å². The van der Waals surface area contributed by atoms with Crippen molar-refractivity contribution < 1.29 is 4.74 Å². The molecule has 0 aliphatic rings. The lowest BCUT2D eigenvalue weighted by Gasteiger charge is -2.10. The van der Waals surface area contributed by atoms with Crippen LogP contribution in [-0.2, 0) is 0 Å². The maximum Gasteiger partial charge on any atom is 0.219 e. The number of nitriles is 1. The molecule has 96 valence electrons. The van der Waals surface area contributed by atoms with Crippen molar-refractivity contribution >= 4 is 0 Å². The predicted molar refractivity (Wildman–Crippen MR) is 72.8 cm³/mol. The van der Waals surface area contributed by atoms with Crippen LogP contribution in [0.15, 0.2) is 36.5 Å². The van der Waals surface area contributed by atoms with Crippen molar-refractivity contribution in [1.82, 2.24) is 4.98 Å². The molecule has 1 atom stereocenters. The summed E-state index contributed by atoms with van der Waals surface area (Å²) in [6.45, 7) is 3.83. The highest BCUT2D eigenvalue weighted by molar-refractivity contribution is 5.43. The first-order valence-corrected chi connectivity index (χ1v) is 6.00. The normalized spacial score (nSPS) is 11.7. The van der Waals surface area contributed by atoms with Crippen molar-refractivity contribution in [1.29, 1.82) is 5.26 Å².